The van der Waals surface area contributed by atoms with Crippen molar-refractivity contribution in [1.29, 1.82) is 0 Å². The van der Waals surface area contributed by atoms with E-state index in [-0.39, 0.29) is 11.1 Å². The predicted molar refractivity (Wildman–Crippen MR) is 58.9 cm³/mol. The molecule has 0 atom stereocenters. The molecule has 1 aromatic rings. The van der Waals surface area contributed by atoms with Crippen molar-refractivity contribution in [2.45, 2.75) is 27.2 Å². The van der Waals surface area contributed by atoms with E-state index in [1.165, 1.54) is 0 Å². The van der Waals surface area contributed by atoms with Crippen molar-refractivity contribution in [1.82, 2.24) is 0 Å². The highest BCUT2D eigenvalue weighted by molar-refractivity contribution is 5.46. The molecule has 0 aliphatic rings. The molecule has 4 heteroatoms. The van der Waals surface area contributed by atoms with Crippen LogP contribution in [0.2, 0.25) is 0 Å². The van der Waals surface area contributed by atoms with E-state index in [1.54, 1.807) is 0 Å². The third kappa shape index (κ3) is 3.76. The number of rotatable bonds is 3. The van der Waals surface area contributed by atoms with Crippen molar-refractivity contribution in [2.24, 2.45) is 5.41 Å². The van der Waals surface area contributed by atoms with Gasteiger partial charge >= 0.3 is 0 Å². The molecule has 0 aliphatic carbocycles. The van der Waals surface area contributed by atoms with E-state index in [0.29, 0.717) is 18.7 Å². The number of nitrogens with one attached hydrogen (secondary N) is 1. The zero-order valence-electron chi connectivity index (χ0n) is 9.70. The number of hydrogen-bond donors (Lipinski definition) is 1. The lowest BCUT2D eigenvalue weighted by atomic mass is 9.92. The lowest BCUT2D eigenvalue weighted by Gasteiger charge is -2.18. The minimum absolute atomic E-state index is 0.0833. The van der Waals surface area contributed by atoms with Gasteiger partial charge in [-0.05, 0) is 11.8 Å². The molecular weight excluding hydrogens is 215 g/mol. The largest absolute Gasteiger partial charge is 0.380 e. The van der Waals surface area contributed by atoms with E-state index >= 15 is 0 Å². The van der Waals surface area contributed by atoms with Crippen LogP contribution in [0, 0.1) is 22.9 Å². The minimum Gasteiger partial charge on any atom is -0.380 e. The van der Waals surface area contributed by atoms with Crippen LogP contribution in [-0.4, -0.2) is 6.54 Å². The molecule has 90 valence electrons. The summed E-state index contributed by atoms with van der Waals surface area (Å²) in [4.78, 5) is 0. The minimum atomic E-state index is -0.906. The Morgan fingerprint density at radius 1 is 1.06 bits per heavy atom. The fourth-order valence-corrected chi connectivity index (χ4v) is 1.27. The number of hydrogen-bond acceptors (Lipinski definition) is 1. The molecular formula is C12H16F3N. The van der Waals surface area contributed by atoms with Gasteiger partial charge in [0.05, 0.1) is 0 Å². The summed E-state index contributed by atoms with van der Waals surface area (Å²) in [7, 11) is 0. The average Bonchev–Trinajstić information content (AvgIpc) is 2.07. The summed E-state index contributed by atoms with van der Waals surface area (Å²) in [6.07, 6.45) is 0.767. The van der Waals surface area contributed by atoms with Crippen LogP contribution >= 0.6 is 0 Å². The van der Waals surface area contributed by atoms with E-state index < -0.39 is 17.5 Å². The smallest absolute Gasteiger partial charge is 0.152 e. The lowest BCUT2D eigenvalue weighted by molar-refractivity contribution is 0.389. The molecule has 1 N–H and O–H groups in total. The van der Waals surface area contributed by atoms with Crippen LogP contribution in [0.15, 0.2) is 12.1 Å². The molecule has 1 rings (SSSR count). The predicted octanol–water partition coefficient (Wildman–Crippen LogP) is 3.95. The topological polar surface area (TPSA) is 12.0 Å². The molecule has 0 heterocycles. The van der Waals surface area contributed by atoms with Gasteiger partial charge in [-0.2, -0.15) is 0 Å². The van der Waals surface area contributed by atoms with Crippen molar-refractivity contribution >= 4 is 5.69 Å². The Balaban J connectivity index is 2.68. The molecule has 1 nitrogen and oxygen atoms in total. The average molecular weight is 231 g/mol. The Labute approximate surface area is 93.7 Å². The second kappa shape index (κ2) is 4.76. The number of benzene rings is 1. The van der Waals surface area contributed by atoms with Gasteiger partial charge < -0.3 is 5.32 Å². The first-order valence-electron chi connectivity index (χ1n) is 5.18. The molecule has 0 fully saturated rings. The molecule has 0 unspecified atom stereocenters. The normalized spacial score (nSPS) is 11.6. The van der Waals surface area contributed by atoms with Gasteiger partial charge in [0.2, 0.25) is 0 Å². The van der Waals surface area contributed by atoms with Crippen molar-refractivity contribution in [3.63, 3.8) is 0 Å². The maximum atomic E-state index is 13.2. The van der Waals surface area contributed by atoms with E-state index in [2.05, 4.69) is 5.32 Å². The third-order valence-electron chi connectivity index (χ3n) is 2.18. The standard InChI is InChI=1S/C12H16F3N/c1-12(2,3)4-5-16-11-9(14)6-8(13)7-10(11)15/h6-7,16H,4-5H2,1-3H3. The summed E-state index contributed by atoms with van der Waals surface area (Å²) in [5.74, 6) is -2.70. The van der Waals surface area contributed by atoms with Gasteiger partial charge in [0.15, 0.2) is 11.6 Å². The fraction of sp³-hybridized carbons (Fsp3) is 0.500. The molecule has 0 saturated heterocycles. The Hall–Kier alpha value is -1.19. The van der Waals surface area contributed by atoms with Crippen LogP contribution < -0.4 is 5.32 Å². The van der Waals surface area contributed by atoms with E-state index in [1.807, 2.05) is 20.8 Å². The van der Waals surface area contributed by atoms with Crippen LogP contribution in [0.25, 0.3) is 0 Å². The molecule has 0 spiro atoms. The van der Waals surface area contributed by atoms with E-state index in [9.17, 15) is 13.2 Å². The summed E-state index contributed by atoms with van der Waals surface area (Å²) >= 11 is 0. The van der Waals surface area contributed by atoms with Gasteiger partial charge in [-0.15, -0.1) is 0 Å². The monoisotopic (exact) mass is 231 g/mol. The number of anilines is 1. The SMILES string of the molecule is CC(C)(C)CCNc1c(F)cc(F)cc1F. The fourth-order valence-electron chi connectivity index (χ4n) is 1.27. The summed E-state index contributed by atoms with van der Waals surface area (Å²) in [6, 6.07) is 1.34. The molecule has 16 heavy (non-hydrogen) atoms. The molecule has 0 aromatic heterocycles. The second-order valence-corrected chi connectivity index (χ2v) is 4.98. The first-order chi connectivity index (χ1) is 7.29. The highest BCUT2D eigenvalue weighted by atomic mass is 19.1. The Morgan fingerprint density at radius 3 is 2.00 bits per heavy atom. The molecule has 0 saturated carbocycles. The summed E-state index contributed by atoms with van der Waals surface area (Å²) in [5.41, 5.74) is -0.175. The van der Waals surface area contributed by atoms with Crippen molar-refractivity contribution < 1.29 is 13.2 Å². The second-order valence-electron chi connectivity index (χ2n) is 4.98. The zero-order valence-corrected chi connectivity index (χ0v) is 9.70. The van der Waals surface area contributed by atoms with Gasteiger partial charge in [0.1, 0.15) is 11.5 Å². The van der Waals surface area contributed by atoms with Gasteiger partial charge in [-0.3, -0.25) is 0 Å². The Kier molecular flexibility index (Phi) is 3.83. The van der Waals surface area contributed by atoms with Crippen LogP contribution in [-0.2, 0) is 0 Å². The summed E-state index contributed by atoms with van der Waals surface area (Å²) < 4.78 is 39.0. The van der Waals surface area contributed by atoms with Crippen LogP contribution in [0.5, 0.6) is 0 Å². The Bertz CT molecular complexity index is 346. The van der Waals surface area contributed by atoms with E-state index in [0.717, 1.165) is 6.42 Å². The van der Waals surface area contributed by atoms with E-state index in [4.69, 9.17) is 0 Å². The maximum absolute atomic E-state index is 13.2. The highest BCUT2D eigenvalue weighted by Crippen LogP contribution is 2.22. The van der Waals surface area contributed by atoms with Crippen LogP contribution in [0.3, 0.4) is 0 Å². The summed E-state index contributed by atoms with van der Waals surface area (Å²) in [6.45, 7) is 6.55. The first kappa shape index (κ1) is 12.9. The van der Waals surface area contributed by atoms with Gasteiger partial charge in [-0.1, -0.05) is 20.8 Å². The molecule has 0 bridgehead atoms. The quantitative estimate of drug-likeness (QED) is 0.830. The highest BCUT2D eigenvalue weighted by Gasteiger charge is 2.13. The first-order valence-corrected chi connectivity index (χ1v) is 5.18. The molecule has 0 radical (unpaired) electrons. The van der Waals surface area contributed by atoms with Crippen LogP contribution in [0.1, 0.15) is 27.2 Å². The van der Waals surface area contributed by atoms with Gasteiger partial charge in [0, 0.05) is 18.7 Å². The number of halogens is 3. The molecule has 0 aliphatic heterocycles. The van der Waals surface area contributed by atoms with Crippen molar-refractivity contribution in [2.75, 3.05) is 11.9 Å². The third-order valence-corrected chi connectivity index (χ3v) is 2.18. The summed E-state index contributed by atoms with van der Waals surface area (Å²) in [5, 5.41) is 2.65. The Morgan fingerprint density at radius 2 is 1.56 bits per heavy atom. The zero-order chi connectivity index (χ0) is 12.3. The maximum Gasteiger partial charge on any atom is 0.152 e. The lowest BCUT2D eigenvalue weighted by Crippen LogP contribution is -2.14. The van der Waals surface area contributed by atoms with Crippen molar-refractivity contribution in [3.05, 3.63) is 29.6 Å². The molecule has 0 amide bonds. The van der Waals surface area contributed by atoms with Crippen LogP contribution in [0.4, 0.5) is 18.9 Å². The van der Waals surface area contributed by atoms with Gasteiger partial charge in [0.25, 0.3) is 0 Å². The van der Waals surface area contributed by atoms with Gasteiger partial charge in [-0.25, -0.2) is 13.2 Å². The van der Waals surface area contributed by atoms with Crippen molar-refractivity contribution in [3.8, 4) is 0 Å². The molecule has 1 aromatic carbocycles.